The van der Waals surface area contributed by atoms with Gasteiger partial charge in [-0.05, 0) is 18.2 Å². The Bertz CT molecular complexity index is 428. The van der Waals surface area contributed by atoms with Crippen molar-refractivity contribution in [2.45, 2.75) is 6.18 Å². The van der Waals surface area contributed by atoms with Gasteiger partial charge in [0.05, 0.1) is 5.56 Å². The molecule has 0 saturated heterocycles. The first kappa shape index (κ1) is 8.16. The topological polar surface area (TPSA) is 13.1 Å². The van der Waals surface area contributed by atoms with Gasteiger partial charge in [-0.2, -0.15) is 13.2 Å². The Morgan fingerprint density at radius 3 is 2.69 bits per heavy atom. The van der Waals surface area contributed by atoms with Crippen molar-refractivity contribution in [3.05, 3.63) is 36.1 Å². The third kappa shape index (κ3) is 1.39. The summed E-state index contributed by atoms with van der Waals surface area (Å²) in [4.78, 5) is 0. The summed E-state index contributed by atoms with van der Waals surface area (Å²) in [5.41, 5.74) is -0.502. The molecule has 1 nitrogen and oxygen atoms in total. The molecule has 67 valence electrons. The van der Waals surface area contributed by atoms with Crippen LogP contribution in [-0.2, 0) is 6.18 Å². The molecule has 2 rings (SSSR count). The highest BCUT2D eigenvalue weighted by Crippen LogP contribution is 2.31. The summed E-state index contributed by atoms with van der Waals surface area (Å²) in [7, 11) is 0. The maximum absolute atomic E-state index is 12.2. The lowest BCUT2D eigenvalue weighted by atomic mass is 10.2. The number of furan rings is 1. The van der Waals surface area contributed by atoms with Crippen molar-refractivity contribution < 1.29 is 17.6 Å². The lowest BCUT2D eigenvalue weighted by molar-refractivity contribution is -0.137. The van der Waals surface area contributed by atoms with Crippen LogP contribution >= 0.6 is 0 Å². The molecular formula is C9H4F3O. The Morgan fingerprint density at radius 2 is 2.00 bits per heavy atom. The standard InChI is InChI=1S/C9H4F3O/c10-9(11,12)7-2-1-6-3-4-13-8(6)5-7/h1-3,5H. The molecule has 1 heterocycles. The molecule has 0 unspecified atom stereocenters. The van der Waals surface area contributed by atoms with Crippen LogP contribution in [0.25, 0.3) is 11.0 Å². The van der Waals surface area contributed by atoms with Crippen LogP contribution in [0.3, 0.4) is 0 Å². The molecule has 0 fully saturated rings. The lowest BCUT2D eigenvalue weighted by Crippen LogP contribution is -2.03. The molecule has 0 amide bonds. The second kappa shape index (κ2) is 2.52. The van der Waals surface area contributed by atoms with Crippen LogP contribution in [0, 0.1) is 6.26 Å². The highest BCUT2D eigenvalue weighted by Gasteiger charge is 2.30. The summed E-state index contributed by atoms with van der Waals surface area (Å²) in [5.74, 6) is 0. The fourth-order valence-corrected chi connectivity index (χ4v) is 1.07. The van der Waals surface area contributed by atoms with Crippen LogP contribution in [0.1, 0.15) is 5.56 Å². The van der Waals surface area contributed by atoms with Crippen molar-refractivity contribution in [3.8, 4) is 0 Å². The van der Waals surface area contributed by atoms with Crippen molar-refractivity contribution in [3.63, 3.8) is 0 Å². The molecule has 0 spiro atoms. The highest BCUT2D eigenvalue weighted by molar-refractivity contribution is 5.77. The van der Waals surface area contributed by atoms with Crippen molar-refractivity contribution in [2.24, 2.45) is 0 Å². The van der Waals surface area contributed by atoms with E-state index in [1.807, 2.05) is 0 Å². The van der Waals surface area contributed by atoms with Crippen molar-refractivity contribution in [2.75, 3.05) is 0 Å². The lowest BCUT2D eigenvalue weighted by Gasteiger charge is -2.04. The molecule has 0 atom stereocenters. The van der Waals surface area contributed by atoms with Gasteiger partial charge < -0.3 is 4.42 Å². The van der Waals surface area contributed by atoms with Crippen molar-refractivity contribution in [1.82, 2.24) is 0 Å². The summed E-state index contributed by atoms with van der Waals surface area (Å²) in [5, 5.41) is 0.619. The maximum Gasteiger partial charge on any atom is 0.416 e. The summed E-state index contributed by atoms with van der Waals surface area (Å²) in [6.45, 7) is 0. The summed E-state index contributed by atoms with van der Waals surface area (Å²) in [6.07, 6.45) is -1.94. The van der Waals surface area contributed by atoms with E-state index in [0.717, 1.165) is 12.1 Å². The number of fused-ring (bicyclic) bond motifs is 1. The zero-order chi connectivity index (χ0) is 9.47. The molecule has 0 aliphatic rings. The number of rotatable bonds is 0. The number of alkyl halides is 3. The average Bonchev–Trinajstić information content (AvgIpc) is 2.47. The van der Waals surface area contributed by atoms with Gasteiger partial charge in [-0.3, -0.25) is 0 Å². The van der Waals surface area contributed by atoms with Crippen LogP contribution in [0.5, 0.6) is 0 Å². The maximum atomic E-state index is 12.2. The van der Waals surface area contributed by atoms with Gasteiger partial charge in [0.2, 0.25) is 0 Å². The van der Waals surface area contributed by atoms with E-state index in [-0.39, 0.29) is 5.58 Å². The zero-order valence-corrected chi connectivity index (χ0v) is 6.35. The average molecular weight is 185 g/mol. The van der Waals surface area contributed by atoms with Gasteiger partial charge >= 0.3 is 6.18 Å². The first-order valence-electron chi connectivity index (χ1n) is 3.54. The third-order valence-corrected chi connectivity index (χ3v) is 1.72. The van der Waals surface area contributed by atoms with E-state index in [9.17, 15) is 13.2 Å². The predicted molar refractivity (Wildman–Crippen MR) is 40.1 cm³/mol. The smallest absolute Gasteiger partial charge is 0.416 e. The molecule has 0 saturated carbocycles. The fourth-order valence-electron chi connectivity index (χ4n) is 1.07. The Kier molecular flexibility index (Phi) is 1.58. The summed E-state index contributed by atoms with van der Waals surface area (Å²) < 4.78 is 41.2. The van der Waals surface area contributed by atoms with E-state index >= 15 is 0 Å². The quantitative estimate of drug-likeness (QED) is 0.614. The third-order valence-electron chi connectivity index (χ3n) is 1.72. The van der Waals surface area contributed by atoms with Gasteiger partial charge in [0.1, 0.15) is 5.58 Å². The van der Waals surface area contributed by atoms with Gasteiger partial charge in [-0.1, -0.05) is 6.07 Å². The highest BCUT2D eigenvalue weighted by atomic mass is 19.4. The minimum Gasteiger partial charge on any atom is -0.453 e. The first-order chi connectivity index (χ1) is 6.07. The number of benzene rings is 1. The Labute approximate surface area is 71.8 Å². The molecule has 2 aromatic rings. The van der Waals surface area contributed by atoms with E-state index in [4.69, 9.17) is 4.42 Å². The van der Waals surface area contributed by atoms with Crippen LogP contribution < -0.4 is 0 Å². The van der Waals surface area contributed by atoms with E-state index in [1.54, 1.807) is 0 Å². The molecule has 1 aromatic carbocycles. The number of hydrogen-bond acceptors (Lipinski definition) is 1. The van der Waals surface area contributed by atoms with E-state index in [2.05, 4.69) is 6.26 Å². The second-order valence-electron chi connectivity index (χ2n) is 2.61. The SMILES string of the molecule is FC(F)(F)c1ccc2c[c]oc2c1. The number of hydrogen-bond donors (Lipinski definition) is 0. The van der Waals surface area contributed by atoms with Gasteiger partial charge in [0.15, 0.2) is 6.26 Å². The largest absolute Gasteiger partial charge is 0.453 e. The Balaban J connectivity index is 2.61. The van der Waals surface area contributed by atoms with Crippen LogP contribution in [0.15, 0.2) is 28.7 Å². The number of halogens is 3. The fraction of sp³-hybridized carbons (Fsp3) is 0.111. The molecule has 0 N–H and O–H groups in total. The van der Waals surface area contributed by atoms with E-state index < -0.39 is 11.7 Å². The Morgan fingerprint density at radius 1 is 1.23 bits per heavy atom. The molecular weight excluding hydrogens is 181 g/mol. The van der Waals surface area contributed by atoms with Crippen molar-refractivity contribution in [1.29, 1.82) is 0 Å². The van der Waals surface area contributed by atoms with Gasteiger partial charge in [-0.15, -0.1) is 0 Å². The predicted octanol–water partition coefficient (Wildman–Crippen LogP) is 3.25. The van der Waals surface area contributed by atoms with E-state index in [1.165, 1.54) is 12.1 Å². The second-order valence-corrected chi connectivity index (χ2v) is 2.61. The van der Waals surface area contributed by atoms with Gasteiger partial charge in [0, 0.05) is 5.39 Å². The molecule has 13 heavy (non-hydrogen) atoms. The Hall–Kier alpha value is -1.45. The van der Waals surface area contributed by atoms with Gasteiger partial charge in [-0.25, -0.2) is 0 Å². The molecule has 0 bridgehead atoms. The first-order valence-corrected chi connectivity index (χ1v) is 3.54. The zero-order valence-electron chi connectivity index (χ0n) is 6.35. The molecule has 0 aliphatic carbocycles. The molecule has 4 heteroatoms. The normalized spacial score (nSPS) is 12.2. The molecule has 0 aliphatic heterocycles. The summed E-state index contributed by atoms with van der Waals surface area (Å²) in [6, 6.07) is 4.84. The molecule has 1 aromatic heterocycles. The van der Waals surface area contributed by atoms with Crippen LogP contribution in [-0.4, -0.2) is 0 Å². The molecule has 1 radical (unpaired) electrons. The summed E-state index contributed by atoms with van der Waals surface area (Å²) >= 11 is 0. The van der Waals surface area contributed by atoms with Crippen LogP contribution in [0.2, 0.25) is 0 Å². The van der Waals surface area contributed by atoms with Crippen molar-refractivity contribution >= 4 is 11.0 Å². The minimum atomic E-state index is -4.32. The van der Waals surface area contributed by atoms with Gasteiger partial charge in [0.25, 0.3) is 0 Å². The van der Waals surface area contributed by atoms with E-state index in [0.29, 0.717) is 5.39 Å². The minimum absolute atomic E-state index is 0.204. The monoisotopic (exact) mass is 185 g/mol. The van der Waals surface area contributed by atoms with Crippen LogP contribution in [0.4, 0.5) is 13.2 Å².